The Morgan fingerprint density at radius 2 is 1.74 bits per heavy atom. The maximum Gasteiger partial charge on any atom is 0.244 e. The number of benzene rings is 2. The molecule has 0 aliphatic heterocycles. The predicted molar refractivity (Wildman–Crippen MR) is 133 cm³/mol. The van der Waals surface area contributed by atoms with Crippen LogP contribution in [0.15, 0.2) is 42.5 Å². The molecule has 1 N–H and O–H groups in total. The van der Waals surface area contributed by atoms with E-state index in [1.165, 1.54) is 43.3 Å². The van der Waals surface area contributed by atoms with E-state index in [9.17, 15) is 22.4 Å². The van der Waals surface area contributed by atoms with Crippen molar-refractivity contribution in [3.63, 3.8) is 0 Å². The third kappa shape index (κ3) is 7.32. The zero-order valence-corrected chi connectivity index (χ0v) is 21.7. The summed E-state index contributed by atoms with van der Waals surface area (Å²) in [6.45, 7) is 4.40. The lowest BCUT2D eigenvalue weighted by Gasteiger charge is -2.32. The van der Waals surface area contributed by atoms with E-state index in [0.29, 0.717) is 6.42 Å². The van der Waals surface area contributed by atoms with Crippen LogP contribution < -0.4 is 9.62 Å². The van der Waals surface area contributed by atoms with Crippen molar-refractivity contribution in [2.24, 2.45) is 0 Å². The van der Waals surface area contributed by atoms with Gasteiger partial charge in [-0.05, 0) is 44.5 Å². The summed E-state index contributed by atoms with van der Waals surface area (Å²) in [5.74, 6) is -1.66. The van der Waals surface area contributed by atoms with E-state index < -0.39 is 40.2 Å². The first-order valence-electron chi connectivity index (χ1n) is 10.6. The van der Waals surface area contributed by atoms with Gasteiger partial charge in [-0.15, -0.1) is 0 Å². The van der Waals surface area contributed by atoms with Crippen LogP contribution in [0.3, 0.4) is 0 Å². The molecule has 0 spiro atoms. The van der Waals surface area contributed by atoms with Gasteiger partial charge in [-0.3, -0.25) is 13.9 Å². The highest BCUT2D eigenvalue weighted by Crippen LogP contribution is 2.28. The van der Waals surface area contributed by atoms with Gasteiger partial charge in [-0.25, -0.2) is 12.8 Å². The molecule has 7 nitrogen and oxygen atoms in total. The summed E-state index contributed by atoms with van der Waals surface area (Å²) >= 11 is 12.0. The second-order valence-electron chi connectivity index (χ2n) is 7.97. The summed E-state index contributed by atoms with van der Waals surface area (Å²) in [5.41, 5.74) is 0.326. The SMILES string of the molecule is CC[C@@H](C)NC(=O)[C@H](C)N(Cc1ccccc1F)C(=O)CN(c1ccc(Cl)c(Cl)c1)S(C)(=O)=O. The van der Waals surface area contributed by atoms with Crippen LogP contribution in [-0.4, -0.2) is 50.0 Å². The van der Waals surface area contributed by atoms with Crippen molar-refractivity contribution >= 4 is 50.7 Å². The number of carbonyl (C=O) groups is 2. The number of amides is 2. The molecule has 0 aliphatic rings. The largest absolute Gasteiger partial charge is 0.352 e. The second-order valence-corrected chi connectivity index (χ2v) is 10.7. The molecule has 0 unspecified atom stereocenters. The van der Waals surface area contributed by atoms with Crippen molar-refractivity contribution in [3.8, 4) is 0 Å². The van der Waals surface area contributed by atoms with E-state index in [1.807, 2.05) is 13.8 Å². The number of nitrogens with one attached hydrogen (secondary N) is 1. The molecule has 2 aromatic rings. The molecule has 186 valence electrons. The number of nitrogens with zero attached hydrogens (tertiary/aromatic N) is 2. The number of rotatable bonds is 10. The van der Waals surface area contributed by atoms with Crippen LogP contribution in [-0.2, 0) is 26.2 Å². The minimum Gasteiger partial charge on any atom is -0.352 e. The molecule has 2 amide bonds. The Morgan fingerprint density at radius 3 is 2.29 bits per heavy atom. The fourth-order valence-electron chi connectivity index (χ4n) is 3.11. The molecule has 0 radical (unpaired) electrons. The summed E-state index contributed by atoms with van der Waals surface area (Å²) in [4.78, 5) is 27.4. The summed E-state index contributed by atoms with van der Waals surface area (Å²) in [6.07, 6.45) is 1.63. The Hall–Kier alpha value is -2.36. The van der Waals surface area contributed by atoms with Gasteiger partial charge in [0, 0.05) is 18.2 Å². The van der Waals surface area contributed by atoms with Crippen molar-refractivity contribution in [1.82, 2.24) is 10.2 Å². The Labute approximate surface area is 209 Å². The standard InChI is InChI=1S/C23H28Cl2FN3O4S/c1-5-15(2)27-23(31)16(3)28(13-17-8-6-7-9-21(17)26)22(30)14-29(34(4,32)33)18-10-11-19(24)20(25)12-18/h6-12,15-16H,5,13-14H2,1-4H3,(H,27,31)/t15-,16+/m1/s1. The summed E-state index contributed by atoms with van der Waals surface area (Å²) in [6, 6.07) is 8.93. The Balaban J connectivity index is 2.42. The maximum atomic E-state index is 14.4. The van der Waals surface area contributed by atoms with Gasteiger partial charge < -0.3 is 10.2 Å². The van der Waals surface area contributed by atoms with Gasteiger partial charge in [0.25, 0.3) is 0 Å². The lowest BCUT2D eigenvalue weighted by molar-refractivity contribution is -0.139. The number of halogens is 3. The first-order chi connectivity index (χ1) is 15.8. The molecule has 0 aromatic heterocycles. The monoisotopic (exact) mass is 531 g/mol. The third-order valence-electron chi connectivity index (χ3n) is 5.34. The lowest BCUT2D eigenvalue weighted by Crippen LogP contribution is -2.52. The van der Waals surface area contributed by atoms with E-state index in [0.717, 1.165) is 15.5 Å². The molecule has 0 aliphatic carbocycles. The Kier molecular flexibility index (Phi) is 9.73. The molecule has 2 aromatic carbocycles. The molecule has 0 heterocycles. The van der Waals surface area contributed by atoms with Gasteiger partial charge >= 0.3 is 0 Å². The zero-order chi connectivity index (χ0) is 25.6. The molecular formula is C23H28Cl2FN3O4S. The fourth-order valence-corrected chi connectivity index (χ4v) is 4.25. The molecule has 2 atom stereocenters. The third-order valence-corrected chi connectivity index (χ3v) is 7.22. The van der Waals surface area contributed by atoms with Crippen LogP contribution in [0.4, 0.5) is 10.1 Å². The van der Waals surface area contributed by atoms with Crippen molar-refractivity contribution in [1.29, 1.82) is 0 Å². The van der Waals surface area contributed by atoms with Gasteiger partial charge in [0.15, 0.2) is 0 Å². The average Bonchev–Trinajstić information content (AvgIpc) is 2.77. The highest BCUT2D eigenvalue weighted by atomic mass is 35.5. The first-order valence-corrected chi connectivity index (χ1v) is 13.2. The van der Waals surface area contributed by atoms with Gasteiger partial charge in [0.1, 0.15) is 18.4 Å². The highest BCUT2D eigenvalue weighted by Gasteiger charge is 2.31. The summed E-state index contributed by atoms with van der Waals surface area (Å²) in [5, 5.41) is 3.14. The summed E-state index contributed by atoms with van der Waals surface area (Å²) in [7, 11) is -3.92. The van der Waals surface area contributed by atoms with Crippen molar-refractivity contribution in [2.45, 2.75) is 45.8 Å². The molecule has 0 bridgehead atoms. The number of carbonyl (C=O) groups excluding carboxylic acids is 2. The zero-order valence-electron chi connectivity index (χ0n) is 19.4. The number of sulfonamides is 1. The number of anilines is 1. The van der Waals surface area contributed by atoms with Crippen LogP contribution in [0.5, 0.6) is 0 Å². The van der Waals surface area contributed by atoms with Crippen LogP contribution in [0.1, 0.15) is 32.8 Å². The van der Waals surface area contributed by atoms with E-state index in [4.69, 9.17) is 23.2 Å². The maximum absolute atomic E-state index is 14.4. The molecule has 34 heavy (non-hydrogen) atoms. The molecule has 11 heteroatoms. The lowest BCUT2D eigenvalue weighted by atomic mass is 10.1. The normalized spacial score (nSPS) is 13.1. The summed E-state index contributed by atoms with van der Waals surface area (Å²) < 4.78 is 40.3. The smallest absolute Gasteiger partial charge is 0.244 e. The molecule has 0 fully saturated rings. The van der Waals surface area contributed by atoms with E-state index in [-0.39, 0.29) is 33.9 Å². The minimum atomic E-state index is -3.92. The van der Waals surface area contributed by atoms with Crippen molar-refractivity contribution in [2.75, 3.05) is 17.1 Å². The fraction of sp³-hybridized carbons (Fsp3) is 0.391. The van der Waals surface area contributed by atoms with Crippen LogP contribution in [0.2, 0.25) is 10.0 Å². The van der Waals surface area contributed by atoms with Crippen molar-refractivity contribution < 1.29 is 22.4 Å². The number of hydrogen-bond donors (Lipinski definition) is 1. The topological polar surface area (TPSA) is 86.8 Å². The number of hydrogen-bond acceptors (Lipinski definition) is 4. The Bertz CT molecular complexity index is 1150. The van der Waals surface area contributed by atoms with Crippen LogP contribution in [0, 0.1) is 5.82 Å². The highest BCUT2D eigenvalue weighted by molar-refractivity contribution is 7.92. The van der Waals surface area contributed by atoms with Gasteiger partial charge in [0.2, 0.25) is 21.8 Å². The van der Waals surface area contributed by atoms with Crippen LogP contribution in [0.25, 0.3) is 0 Å². The van der Waals surface area contributed by atoms with Crippen LogP contribution >= 0.6 is 23.2 Å². The van der Waals surface area contributed by atoms with E-state index >= 15 is 0 Å². The molecular weight excluding hydrogens is 504 g/mol. The quantitative estimate of drug-likeness (QED) is 0.496. The Morgan fingerprint density at radius 1 is 1.09 bits per heavy atom. The average molecular weight is 532 g/mol. The van der Waals surface area contributed by atoms with Crippen molar-refractivity contribution in [3.05, 3.63) is 63.9 Å². The first kappa shape index (κ1) is 27.9. The minimum absolute atomic E-state index is 0.116. The van der Waals surface area contributed by atoms with Gasteiger partial charge in [-0.1, -0.05) is 48.3 Å². The molecule has 2 rings (SSSR count). The van der Waals surface area contributed by atoms with E-state index in [2.05, 4.69) is 5.32 Å². The van der Waals surface area contributed by atoms with Gasteiger partial charge in [-0.2, -0.15) is 0 Å². The predicted octanol–water partition coefficient (Wildman–Crippen LogP) is 4.23. The second kappa shape index (κ2) is 11.9. The van der Waals surface area contributed by atoms with Gasteiger partial charge in [0.05, 0.1) is 22.0 Å². The van der Waals surface area contributed by atoms with E-state index in [1.54, 1.807) is 6.07 Å². The molecule has 0 saturated carbocycles. The molecule has 0 saturated heterocycles.